The van der Waals surface area contributed by atoms with E-state index in [1.165, 1.54) is 12.1 Å². The number of carbonyl (C=O) groups excluding carboxylic acids is 2. The summed E-state index contributed by atoms with van der Waals surface area (Å²) in [6.07, 6.45) is -2.43. The van der Waals surface area contributed by atoms with Gasteiger partial charge in [0.05, 0.1) is 5.56 Å². The van der Waals surface area contributed by atoms with Gasteiger partial charge in [-0.25, -0.2) is 0 Å². The Hall–Kier alpha value is -2.05. The zero-order valence-electron chi connectivity index (χ0n) is 11.2. The average Bonchev–Trinajstić information content (AvgIpc) is 2.63. The molecule has 1 saturated heterocycles. The number of hydrogen-bond donors (Lipinski definition) is 2. The van der Waals surface area contributed by atoms with Crippen molar-refractivity contribution in [1.82, 2.24) is 10.6 Å². The van der Waals surface area contributed by atoms with Crippen molar-refractivity contribution in [3.05, 3.63) is 35.4 Å². The minimum atomic E-state index is -4.50. The lowest BCUT2D eigenvalue weighted by atomic mass is 10.1. The van der Waals surface area contributed by atoms with Crippen LogP contribution in [0.1, 0.15) is 35.2 Å². The molecule has 1 aliphatic rings. The molecule has 0 radical (unpaired) electrons. The van der Waals surface area contributed by atoms with E-state index in [0.29, 0.717) is 13.0 Å². The maximum atomic E-state index is 12.6. The number of carbonyl (C=O) groups is 2. The van der Waals surface area contributed by atoms with E-state index in [2.05, 4.69) is 10.6 Å². The van der Waals surface area contributed by atoms with Crippen LogP contribution in [0.4, 0.5) is 13.2 Å². The highest BCUT2D eigenvalue weighted by Gasteiger charge is 2.31. The lowest BCUT2D eigenvalue weighted by Crippen LogP contribution is -2.45. The number of alkyl halides is 3. The molecule has 1 atom stereocenters. The molecule has 2 N–H and O–H groups in total. The first-order chi connectivity index (χ1) is 9.88. The predicted octanol–water partition coefficient (Wildman–Crippen LogP) is 2.10. The van der Waals surface area contributed by atoms with Crippen molar-refractivity contribution in [2.24, 2.45) is 0 Å². The smallest absolute Gasteiger partial charge is 0.354 e. The minimum Gasteiger partial charge on any atom is -0.354 e. The molecule has 1 aromatic rings. The second-order valence-corrected chi connectivity index (χ2v) is 4.89. The molecule has 7 heteroatoms. The van der Waals surface area contributed by atoms with Crippen LogP contribution in [0.3, 0.4) is 0 Å². The van der Waals surface area contributed by atoms with E-state index in [0.717, 1.165) is 25.0 Å². The summed E-state index contributed by atoms with van der Waals surface area (Å²) in [4.78, 5) is 23.7. The van der Waals surface area contributed by atoms with Crippen molar-refractivity contribution < 1.29 is 22.8 Å². The Labute approximate surface area is 119 Å². The molecule has 0 saturated carbocycles. The molecule has 1 fully saturated rings. The van der Waals surface area contributed by atoms with Crippen molar-refractivity contribution in [3.63, 3.8) is 0 Å². The Morgan fingerprint density at radius 1 is 1.29 bits per heavy atom. The van der Waals surface area contributed by atoms with Gasteiger partial charge < -0.3 is 10.6 Å². The van der Waals surface area contributed by atoms with Crippen LogP contribution in [0, 0.1) is 0 Å². The predicted molar refractivity (Wildman–Crippen MR) is 69.6 cm³/mol. The van der Waals surface area contributed by atoms with E-state index in [-0.39, 0.29) is 11.5 Å². The lowest BCUT2D eigenvalue weighted by Gasteiger charge is -2.15. The molecule has 1 aliphatic heterocycles. The van der Waals surface area contributed by atoms with Gasteiger partial charge >= 0.3 is 6.18 Å². The first-order valence-electron chi connectivity index (χ1n) is 6.64. The van der Waals surface area contributed by atoms with Gasteiger partial charge in [-0.2, -0.15) is 13.2 Å². The Kier molecular flexibility index (Phi) is 4.50. The Morgan fingerprint density at radius 3 is 2.76 bits per heavy atom. The molecule has 0 unspecified atom stereocenters. The number of benzene rings is 1. The molecule has 0 bridgehead atoms. The molecule has 4 nitrogen and oxygen atoms in total. The van der Waals surface area contributed by atoms with Crippen LogP contribution in [0.25, 0.3) is 0 Å². The number of halogens is 3. The zero-order chi connectivity index (χ0) is 15.5. The minimum absolute atomic E-state index is 0.109. The number of rotatable bonds is 2. The topological polar surface area (TPSA) is 58.2 Å². The molecule has 1 aromatic carbocycles. The van der Waals surface area contributed by atoms with Crippen LogP contribution >= 0.6 is 0 Å². The van der Waals surface area contributed by atoms with Gasteiger partial charge in [-0.1, -0.05) is 6.07 Å². The Bertz CT molecular complexity index is 543. The summed E-state index contributed by atoms with van der Waals surface area (Å²) in [5.41, 5.74) is -0.998. The van der Waals surface area contributed by atoms with Gasteiger partial charge in [-0.15, -0.1) is 0 Å². The summed E-state index contributed by atoms with van der Waals surface area (Å²) in [5, 5.41) is 5.14. The van der Waals surface area contributed by atoms with Crippen molar-refractivity contribution in [1.29, 1.82) is 0 Å². The molecule has 2 rings (SSSR count). The Morgan fingerprint density at radius 2 is 2.05 bits per heavy atom. The number of amides is 2. The third-order valence-electron chi connectivity index (χ3n) is 3.29. The maximum absolute atomic E-state index is 12.6. The van der Waals surface area contributed by atoms with E-state index in [1.54, 1.807) is 0 Å². The van der Waals surface area contributed by atoms with Gasteiger partial charge in [0, 0.05) is 12.1 Å². The molecule has 0 aromatic heterocycles. The van der Waals surface area contributed by atoms with Crippen LogP contribution < -0.4 is 10.6 Å². The van der Waals surface area contributed by atoms with Crippen molar-refractivity contribution >= 4 is 11.8 Å². The van der Waals surface area contributed by atoms with Gasteiger partial charge in [0.25, 0.3) is 5.91 Å². The van der Waals surface area contributed by atoms with Gasteiger partial charge in [0.2, 0.25) is 5.91 Å². The van der Waals surface area contributed by atoms with Crippen LogP contribution in [-0.4, -0.2) is 24.4 Å². The summed E-state index contributed by atoms with van der Waals surface area (Å²) < 4.78 is 37.8. The molecular formula is C14H15F3N2O2. The first kappa shape index (κ1) is 15.3. The fourth-order valence-corrected chi connectivity index (χ4v) is 2.16. The van der Waals surface area contributed by atoms with E-state index in [9.17, 15) is 22.8 Å². The van der Waals surface area contributed by atoms with Crippen LogP contribution in [0.15, 0.2) is 24.3 Å². The SMILES string of the molecule is O=C(N[C@@H]1CCCCNC1=O)c1cccc(C(F)(F)F)c1. The average molecular weight is 300 g/mol. The van der Waals surface area contributed by atoms with E-state index in [4.69, 9.17) is 0 Å². The normalized spacial score (nSPS) is 19.6. The van der Waals surface area contributed by atoms with Crippen molar-refractivity contribution in [3.8, 4) is 0 Å². The maximum Gasteiger partial charge on any atom is 0.416 e. The molecule has 0 aliphatic carbocycles. The second kappa shape index (κ2) is 6.15. The second-order valence-electron chi connectivity index (χ2n) is 4.89. The Balaban J connectivity index is 2.11. The van der Waals surface area contributed by atoms with E-state index < -0.39 is 23.7 Å². The van der Waals surface area contributed by atoms with Gasteiger partial charge in [0.1, 0.15) is 6.04 Å². The standard InChI is InChI=1S/C14H15F3N2O2/c15-14(16,17)10-5-3-4-9(8-10)12(20)19-11-6-1-2-7-18-13(11)21/h3-5,8,11H,1-2,6-7H2,(H,18,21)(H,19,20)/t11-/m1/s1. The molecule has 0 spiro atoms. The number of hydrogen-bond acceptors (Lipinski definition) is 2. The van der Waals surface area contributed by atoms with Crippen LogP contribution in [0.5, 0.6) is 0 Å². The molecular weight excluding hydrogens is 285 g/mol. The molecule has 1 heterocycles. The van der Waals surface area contributed by atoms with Gasteiger partial charge in [0.15, 0.2) is 0 Å². The van der Waals surface area contributed by atoms with Crippen LogP contribution in [0.2, 0.25) is 0 Å². The highest BCUT2D eigenvalue weighted by molar-refractivity contribution is 5.97. The third-order valence-corrected chi connectivity index (χ3v) is 3.29. The summed E-state index contributed by atoms with van der Waals surface area (Å²) in [7, 11) is 0. The molecule has 21 heavy (non-hydrogen) atoms. The fourth-order valence-electron chi connectivity index (χ4n) is 2.16. The van der Waals surface area contributed by atoms with Crippen molar-refractivity contribution in [2.75, 3.05) is 6.54 Å². The molecule has 2 amide bonds. The highest BCUT2D eigenvalue weighted by atomic mass is 19.4. The van der Waals surface area contributed by atoms with Gasteiger partial charge in [-0.05, 0) is 37.5 Å². The largest absolute Gasteiger partial charge is 0.416 e. The van der Waals surface area contributed by atoms with E-state index >= 15 is 0 Å². The van der Waals surface area contributed by atoms with Gasteiger partial charge in [-0.3, -0.25) is 9.59 Å². The highest BCUT2D eigenvalue weighted by Crippen LogP contribution is 2.29. The van der Waals surface area contributed by atoms with E-state index in [1.807, 2.05) is 0 Å². The summed E-state index contributed by atoms with van der Waals surface area (Å²) in [6, 6.07) is 3.44. The lowest BCUT2D eigenvalue weighted by molar-refractivity contribution is -0.137. The molecule has 114 valence electrons. The number of nitrogens with one attached hydrogen (secondary N) is 2. The quantitative estimate of drug-likeness (QED) is 0.879. The first-order valence-corrected chi connectivity index (χ1v) is 6.64. The summed E-state index contributed by atoms with van der Waals surface area (Å²) in [6.45, 7) is 0.550. The zero-order valence-corrected chi connectivity index (χ0v) is 11.2. The van der Waals surface area contributed by atoms with Crippen molar-refractivity contribution in [2.45, 2.75) is 31.5 Å². The third kappa shape index (κ3) is 3.96. The van der Waals surface area contributed by atoms with Crippen LogP contribution in [-0.2, 0) is 11.0 Å². The fraction of sp³-hybridized carbons (Fsp3) is 0.429. The monoisotopic (exact) mass is 300 g/mol. The summed E-state index contributed by atoms with van der Waals surface area (Å²) >= 11 is 0. The summed E-state index contributed by atoms with van der Waals surface area (Å²) in [5.74, 6) is -0.976.